The Balaban J connectivity index is 1.56. The second-order valence-electron chi connectivity index (χ2n) is 15.7. The molecule has 12 nitrogen and oxygen atoms in total. The number of benzene rings is 4. The maximum Gasteiger partial charge on any atom is 0.350 e. The zero-order valence-electron chi connectivity index (χ0n) is 36.7. The number of allylic oxidation sites excluding steroid dienone is 1. The molecular formula is C49H55FN5O7P. The van der Waals surface area contributed by atoms with Gasteiger partial charge in [0.1, 0.15) is 29.0 Å². The third-order valence-electron chi connectivity index (χ3n) is 10.9. The average molecular weight is 876 g/mol. The van der Waals surface area contributed by atoms with Crippen molar-refractivity contribution in [2.24, 2.45) is 5.92 Å². The molecule has 1 aliphatic rings. The molecule has 5 aromatic rings. The number of carbonyl (C=O) groups excluding carboxylic acids is 1. The zero-order chi connectivity index (χ0) is 45.1. The van der Waals surface area contributed by atoms with Crippen LogP contribution in [0.2, 0.25) is 0 Å². The quantitative estimate of drug-likeness (QED) is 0.0485. The fourth-order valence-corrected chi connectivity index (χ4v) is 9.68. The number of hydrogen-bond donors (Lipinski definition) is 1. The van der Waals surface area contributed by atoms with E-state index in [0.717, 1.165) is 5.56 Å². The van der Waals surface area contributed by atoms with E-state index in [2.05, 4.69) is 16.4 Å². The summed E-state index contributed by atoms with van der Waals surface area (Å²) in [6.45, 7) is 9.91. The normalized spacial score (nSPS) is 18.0. The van der Waals surface area contributed by atoms with Crippen molar-refractivity contribution >= 4 is 20.3 Å². The van der Waals surface area contributed by atoms with Crippen molar-refractivity contribution in [3.05, 3.63) is 166 Å². The lowest BCUT2D eigenvalue weighted by atomic mass is 9.69. The summed E-state index contributed by atoms with van der Waals surface area (Å²) in [7, 11) is 1.16. The molecule has 1 amide bonds. The Morgan fingerprint density at radius 2 is 1.46 bits per heavy atom. The lowest BCUT2D eigenvalue weighted by molar-refractivity contribution is -0.108. The van der Waals surface area contributed by atoms with Crippen LogP contribution in [0.5, 0.6) is 11.5 Å². The second-order valence-corrected chi connectivity index (χ2v) is 17.1. The lowest BCUT2D eigenvalue weighted by Crippen LogP contribution is -2.52. The number of nitrogens with zero attached hydrogens (tertiary/aromatic N) is 4. The minimum Gasteiger partial charge on any atom is -0.497 e. The van der Waals surface area contributed by atoms with Crippen LogP contribution in [-0.4, -0.2) is 65.3 Å². The second kappa shape index (κ2) is 21.6. The first-order valence-electron chi connectivity index (χ1n) is 20.9. The van der Waals surface area contributed by atoms with E-state index >= 15 is 4.39 Å². The summed E-state index contributed by atoms with van der Waals surface area (Å²) in [5.74, 6) is -0.0450. The van der Waals surface area contributed by atoms with Crippen LogP contribution in [0.3, 0.4) is 0 Å². The highest BCUT2D eigenvalue weighted by Gasteiger charge is 2.54. The van der Waals surface area contributed by atoms with Crippen molar-refractivity contribution in [3.63, 3.8) is 0 Å². The van der Waals surface area contributed by atoms with Crippen LogP contribution < -0.4 is 20.5 Å². The molecule has 1 aromatic heterocycles. The summed E-state index contributed by atoms with van der Waals surface area (Å²) >= 11 is 0. The van der Waals surface area contributed by atoms with Crippen molar-refractivity contribution < 1.29 is 32.4 Å². The van der Waals surface area contributed by atoms with Crippen LogP contribution >= 0.6 is 8.53 Å². The number of rotatable bonds is 19. The summed E-state index contributed by atoms with van der Waals surface area (Å²) in [6, 6.07) is 34.0. The van der Waals surface area contributed by atoms with Crippen molar-refractivity contribution in [2.75, 3.05) is 26.1 Å². The minimum absolute atomic E-state index is 0.0527. The maximum absolute atomic E-state index is 18.4. The Morgan fingerprint density at radius 3 is 2.00 bits per heavy atom. The molecule has 0 saturated heterocycles. The van der Waals surface area contributed by atoms with Gasteiger partial charge < -0.3 is 28.6 Å². The third kappa shape index (κ3) is 10.7. The van der Waals surface area contributed by atoms with E-state index in [9.17, 15) is 14.9 Å². The molecule has 1 N–H and O–H groups in total. The largest absolute Gasteiger partial charge is 0.497 e. The Hall–Kier alpha value is -5.74. The molecule has 14 heteroatoms. The summed E-state index contributed by atoms with van der Waals surface area (Å²) in [4.78, 5) is 31.3. The summed E-state index contributed by atoms with van der Waals surface area (Å²) < 4.78 is 53.6. The molecule has 1 unspecified atom stereocenters. The van der Waals surface area contributed by atoms with Gasteiger partial charge >= 0.3 is 5.69 Å². The highest BCUT2D eigenvalue weighted by Crippen LogP contribution is 2.55. The van der Waals surface area contributed by atoms with E-state index in [1.165, 1.54) is 10.8 Å². The Bertz CT molecular complexity index is 2340. The van der Waals surface area contributed by atoms with Crippen LogP contribution in [0, 0.1) is 24.2 Å². The maximum atomic E-state index is 18.4. The molecule has 63 heavy (non-hydrogen) atoms. The van der Waals surface area contributed by atoms with Gasteiger partial charge in [-0.05, 0) is 87.7 Å². The number of aromatic nitrogens is 2. The molecule has 0 bridgehead atoms. The summed E-state index contributed by atoms with van der Waals surface area (Å²) in [5.41, 5.74) is 0.889. The van der Waals surface area contributed by atoms with Crippen molar-refractivity contribution in [1.29, 1.82) is 5.26 Å². The van der Waals surface area contributed by atoms with Gasteiger partial charge in [0.05, 0.1) is 46.0 Å². The number of hydrogen-bond acceptors (Lipinski definition) is 10. The lowest BCUT2D eigenvalue weighted by Gasteiger charge is -2.48. The number of nitriles is 1. The molecule has 0 fully saturated rings. The third-order valence-corrected chi connectivity index (χ3v) is 13.1. The topological polar surface area (TPSA) is 137 Å². The van der Waals surface area contributed by atoms with E-state index in [-0.39, 0.29) is 37.5 Å². The Kier molecular flexibility index (Phi) is 16.0. The summed E-state index contributed by atoms with van der Waals surface area (Å²) in [6.07, 6.45) is 1.88. The predicted octanol–water partition coefficient (Wildman–Crippen LogP) is 9.71. The number of methoxy groups -OCH3 is 2. The molecular weight excluding hydrogens is 821 g/mol. The van der Waals surface area contributed by atoms with E-state index in [1.807, 2.05) is 117 Å². The average Bonchev–Trinajstić information content (AvgIpc) is 3.29. The van der Waals surface area contributed by atoms with Gasteiger partial charge in [-0.15, -0.1) is 0 Å². The zero-order valence-corrected chi connectivity index (χ0v) is 37.6. The molecule has 0 radical (unpaired) electrons. The fraction of sp³-hybridized carbons (Fsp3) is 0.347. The first kappa shape index (κ1) is 46.8. The Morgan fingerprint density at radius 1 is 0.889 bits per heavy atom. The van der Waals surface area contributed by atoms with Crippen LogP contribution in [-0.2, 0) is 26.0 Å². The van der Waals surface area contributed by atoms with Crippen LogP contribution in [0.25, 0.3) is 0 Å². The summed E-state index contributed by atoms with van der Waals surface area (Å²) in [5, 5.41) is 12.3. The first-order valence-corrected chi connectivity index (χ1v) is 22.0. The smallest absolute Gasteiger partial charge is 0.350 e. The van der Waals surface area contributed by atoms with Crippen LogP contribution in [0.1, 0.15) is 72.8 Å². The van der Waals surface area contributed by atoms with E-state index in [1.54, 1.807) is 57.6 Å². The number of carbonyl (C=O) groups is 1. The molecule has 1 heterocycles. The van der Waals surface area contributed by atoms with Crippen molar-refractivity contribution in [3.8, 4) is 17.6 Å². The Labute approximate surface area is 370 Å². The fourth-order valence-electron chi connectivity index (χ4n) is 7.92. The van der Waals surface area contributed by atoms with E-state index < -0.39 is 50.0 Å². The van der Waals surface area contributed by atoms with Crippen LogP contribution in [0.15, 0.2) is 132 Å². The highest BCUT2D eigenvalue weighted by atomic mass is 31.2. The van der Waals surface area contributed by atoms with Crippen molar-refractivity contribution in [1.82, 2.24) is 14.2 Å². The molecule has 1 aliphatic carbocycles. The predicted molar refractivity (Wildman–Crippen MR) is 242 cm³/mol. The molecule has 4 aromatic carbocycles. The van der Waals surface area contributed by atoms with Gasteiger partial charge in [-0.25, -0.2) is 13.9 Å². The van der Waals surface area contributed by atoms with E-state index in [4.69, 9.17) is 23.3 Å². The number of alkyl halides is 1. The van der Waals surface area contributed by atoms with Gasteiger partial charge in [0.15, 0.2) is 6.17 Å². The number of ether oxygens (including phenoxy) is 3. The van der Waals surface area contributed by atoms with Gasteiger partial charge in [-0.3, -0.25) is 9.36 Å². The monoisotopic (exact) mass is 875 g/mol. The first-order chi connectivity index (χ1) is 30.4. The number of halogens is 1. The van der Waals surface area contributed by atoms with Gasteiger partial charge in [0.25, 0.3) is 14.4 Å². The van der Waals surface area contributed by atoms with Gasteiger partial charge in [0.2, 0.25) is 0 Å². The minimum atomic E-state index is -2.02. The molecule has 0 spiro atoms. The van der Waals surface area contributed by atoms with Crippen LogP contribution in [0.4, 0.5) is 10.2 Å². The number of nitrogens with one attached hydrogen (secondary N) is 1. The number of anilines is 1. The molecule has 330 valence electrons. The highest BCUT2D eigenvalue weighted by molar-refractivity contribution is 7.44. The molecule has 6 rings (SSSR count). The number of aryl methyl sites for hydroxylation is 1. The van der Waals surface area contributed by atoms with E-state index in [0.29, 0.717) is 33.8 Å². The van der Waals surface area contributed by atoms with Gasteiger partial charge in [0, 0.05) is 35.3 Å². The molecule has 5 atom stereocenters. The SMILES string of the molecule is COc1ccc(C(OCc2ccccc2)(c2ccc(OC)cc2)[C@@H]2C=C[C@@H](n3cc(C)c(NC(=O)c4ccccc4)nc3=O)[C@H](F)[C@@H]2OP(OCCC#N)N(C(C)C)C(C)C)cc1. The standard InChI is InChI=1S/C49H55FN5O7P/c1-33(2)55(34(3)4)63(61-30-14-29-51)62-45-42(27-28-43(44(45)50)54-31-35(5)46(53-48(54)57)52-47(56)37-17-12-9-13-18-37)49(38-19-23-40(58-6)24-20-38,39-21-25-41(59-7)26-22-39)60-32-36-15-10-8-11-16-36/h8-13,15-28,31,33-34,42-45H,14,30,32H2,1-7H3,(H,52,53,56,57)/t42-,43-,44+,45-,63?/m1/s1. The van der Waals surface area contributed by atoms with Gasteiger partial charge in [-0.2, -0.15) is 10.2 Å². The molecule has 0 aliphatic heterocycles. The van der Waals surface area contributed by atoms with Gasteiger partial charge in [-0.1, -0.05) is 84.9 Å². The van der Waals surface area contributed by atoms with Crippen molar-refractivity contribution in [2.45, 2.75) is 83.6 Å². The molecule has 0 saturated carbocycles. The number of amides is 1.